The molecule has 0 fully saturated rings. The first-order chi connectivity index (χ1) is 7.95. The van der Waals surface area contributed by atoms with Crippen molar-refractivity contribution in [2.24, 2.45) is 0 Å². The number of benzene rings is 1. The minimum Gasteiger partial charge on any atom is -0.340 e. The first kappa shape index (κ1) is 11.7. The van der Waals surface area contributed by atoms with Crippen molar-refractivity contribution in [1.82, 2.24) is 10.2 Å². The molecular formula is C14H18N3. The zero-order valence-corrected chi connectivity index (χ0v) is 10.8. The summed E-state index contributed by atoms with van der Waals surface area (Å²) in [5.74, 6) is 0.804. The molecule has 0 aliphatic rings. The Morgan fingerprint density at radius 2 is 1.82 bits per heavy atom. The van der Waals surface area contributed by atoms with E-state index in [-0.39, 0.29) is 5.41 Å². The molecule has 0 amide bonds. The molecule has 0 unspecified atom stereocenters. The largest absolute Gasteiger partial charge is 0.340 e. The Kier molecular flexibility index (Phi) is 2.92. The number of hydrogen-bond donors (Lipinski definition) is 2. The van der Waals surface area contributed by atoms with Crippen LogP contribution in [0, 0.1) is 13.0 Å². The third-order valence-electron chi connectivity index (χ3n) is 2.55. The molecule has 0 bridgehead atoms. The summed E-state index contributed by atoms with van der Waals surface area (Å²) in [7, 11) is 0. The fourth-order valence-corrected chi connectivity index (χ4v) is 1.48. The van der Waals surface area contributed by atoms with Crippen LogP contribution in [0.3, 0.4) is 0 Å². The number of aromatic amines is 1. The lowest BCUT2D eigenvalue weighted by molar-refractivity contribution is 0.566. The van der Waals surface area contributed by atoms with Gasteiger partial charge < -0.3 is 5.32 Å². The lowest BCUT2D eigenvalue weighted by Gasteiger charge is -2.13. The van der Waals surface area contributed by atoms with Crippen LogP contribution in [0.2, 0.25) is 0 Å². The van der Waals surface area contributed by atoms with E-state index in [1.807, 2.05) is 12.1 Å². The maximum atomic E-state index is 4.26. The molecule has 0 spiro atoms. The van der Waals surface area contributed by atoms with Crippen molar-refractivity contribution in [3.8, 4) is 0 Å². The first-order valence-corrected chi connectivity index (χ1v) is 5.77. The average Bonchev–Trinajstić information content (AvgIpc) is 2.69. The van der Waals surface area contributed by atoms with E-state index in [2.05, 4.69) is 61.4 Å². The Hall–Kier alpha value is -1.77. The maximum Gasteiger partial charge on any atom is 0.134 e. The molecule has 0 aliphatic heterocycles. The molecule has 1 aromatic heterocycles. The molecule has 3 nitrogen and oxygen atoms in total. The Morgan fingerprint density at radius 3 is 2.35 bits per heavy atom. The molecular weight excluding hydrogens is 210 g/mol. The van der Waals surface area contributed by atoms with Gasteiger partial charge in [0, 0.05) is 11.1 Å². The highest BCUT2D eigenvalue weighted by Crippen LogP contribution is 2.23. The number of hydrogen-bond acceptors (Lipinski definition) is 2. The van der Waals surface area contributed by atoms with Crippen LogP contribution < -0.4 is 5.32 Å². The van der Waals surface area contributed by atoms with E-state index in [1.165, 1.54) is 5.56 Å². The molecule has 1 radical (unpaired) electrons. The van der Waals surface area contributed by atoms with Gasteiger partial charge in [0.15, 0.2) is 0 Å². The fraction of sp³-hybridized carbons (Fsp3) is 0.357. The summed E-state index contributed by atoms with van der Waals surface area (Å²) >= 11 is 0. The van der Waals surface area contributed by atoms with E-state index >= 15 is 0 Å². The van der Waals surface area contributed by atoms with Crippen LogP contribution in [-0.2, 0) is 5.41 Å². The third kappa shape index (κ3) is 2.87. The van der Waals surface area contributed by atoms with E-state index < -0.39 is 0 Å². The standard InChI is InChI=1S/C14H18N3/c1-10-5-7-11(8-6-10)15-13-9-12(16-17-13)14(2,3)4/h5-8H,1-4H3,(H2,15,16,17). The van der Waals surface area contributed by atoms with Gasteiger partial charge in [0.2, 0.25) is 0 Å². The van der Waals surface area contributed by atoms with E-state index in [0.717, 1.165) is 17.2 Å². The normalized spacial score (nSPS) is 11.5. The van der Waals surface area contributed by atoms with Crippen molar-refractivity contribution in [3.63, 3.8) is 0 Å². The molecule has 0 saturated heterocycles. The average molecular weight is 228 g/mol. The lowest BCUT2D eigenvalue weighted by atomic mass is 9.92. The zero-order valence-electron chi connectivity index (χ0n) is 10.8. The SMILES string of the molecule is Cc1ccc(Nc2[c]c(C(C)(C)C)n[nH]2)cc1. The molecule has 0 saturated carbocycles. The van der Waals surface area contributed by atoms with Crippen LogP contribution in [-0.4, -0.2) is 10.2 Å². The number of aryl methyl sites for hydroxylation is 1. The van der Waals surface area contributed by atoms with Crippen molar-refractivity contribution in [2.45, 2.75) is 33.1 Å². The molecule has 1 heterocycles. The quantitative estimate of drug-likeness (QED) is 0.825. The van der Waals surface area contributed by atoms with Crippen LogP contribution in [0.5, 0.6) is 0 Å². The second-order valence-corrected chi connectivity index (χ2v) is 5.31. The summed E-state index contributed by atoms with van der Waals surface area (Å²) in [6, 6.07) is 11.5. The summed E-state index contributed by atoms with van der Waals surface area (Å²) in [5.41, 5.74) is 3.24. The minimum absolute atomic E-state index is 0.0176. The van der Waals surface area contributed by atoms with Crippen LogP contribution in [0.15, 0.2) is 24.3 Å². The van der Waals surface area contributed by atoms with Crippen molar-refractivity contribution in [2.75, 3.05) is 5.32 Å². The summed E-state index contributed by atoms with van der Waals surface area (Å²) in [6.45, 7) is 8.43. The predicted molar refractivity (Wildman–Crippen MR) is 70.6 cm³/mol. The molecule has 3 heteroatoms. The van der Waals surface area contributed by atoms with Gasteiger partial charge in [-0.3, -0.25) is 5.10 Å². The third-order valence-corrected chi connectivity index (χ3v) is 2.55. The van der Waals surface area contributed by atoms with Crippen LogP contribution in [0.4, 0.5) is 11.5 Å². The molecule has 0 aliphatic carbocycles. The molecule has 1 aromatic carbocycles. The number of aromatic nitrogens is 2. The predicted octanol–water partition coefficient (Wildman–Crippen LogP) is 3.56. The highest BCUT2D eigenvalue weighted by molar-refractivity contribution is 5.56. The molecule has 2 N–H and O–H groups in total. The Balaban J connectivity index is 2.14. The van der Waals surface area contributed by atoms with Crippen LogP contribution >= 0.6 is 0 Å². The lowest BCUT2D eigenvalue weighted by Crippen LogP contribution is -2.11. The van der Waals surface area contributed by atoms with Crippen LogP contribution in [0.25, 0.3) is 0 Å². The highest BCUT2D eigenvalue weighted by Gasteiger charge is 2.17. The molecule has 2 rings (SSSR count). The minimum atomic E-state index is 0.0176. The number of anilines is 2. The van der Waals surface area contributed by atoms with E-state index in [1.54, 1.807) is 0 Å². The summed E-state index contributed by atoms with van der Waals surface area (Å²) in [6.07, 6.45) is 0. The number of nitrogens with zero attached hydrogens (tertiary/aromatic N) is 1. The van der Waals surface area contributed by atoms with Gasteiger partial charge in [-0.05, 0) is 19.1 Å². The Bertz CT molecular complexity index is 489. The number of nitrogens with one attached hydrogen (secondary N) is 2. The van der Waals surface area contributed by atoms with Gasteiger partial charge in [0.05, 0.1) is 11.8 Å². The van der Waals surface area contributed by atoms with E-state index in [9.17, 15) is 0 Å². The van der Waals surface area contributed by atoms with Gasteiger partial charge >= 0.3 is 0 Å². The van der Waals surface area contributed by atoms with Crippen molar-refractivity contribution in [3.05, 3.63) is 41.6 Å². The zero-order chi connectivity index (χ0) is 12.5. The van der Waals surface area contributed by atoms with Gasteiger partial charge in [-0.25, -0.2) is 0 Å². The van der Waals surface area contributed by atoms with Gasteiger partial charge in [-0.2, -0.15) is 5.10 Å². The van der Waals surface area contributed by atoms with Gasteiger partial charge in [0.1, 0.15) is 5.82 Å². The number of rotatable bonds is 2. The molecule has 17 heavy (non-hydrogen) atoms. The smallest absolute Gasteiger partial charge is 0.134 e. The highest BCUT2D eigenvalue weighted by atomic mass is 15.2. The van der Waals surface area contributed by atoms with Gasteiger partial charge in [-0.1, -0.05) is 38.5 Å². The van der Waals surface area contributed by atoms with Crippen LogP contribution in [0.1, 0.15) is 32.0 Å². The Morgan fingerprint density at radius 1 is 1.18 bits per heavy atom. The van der Waals surface area contributed by atoms with Crippen molar-refractivity contribution >= 4 is 11.5 Å². The van der Waals surface area contributed by atoms with Gasteiger partial charge in [0.25, 0.3) is 0 Å². The van der Waals surface area contributed by atoms with E-state index in [0.29, 0.717) is 0 Å². The number of H-pyrrole nitrogens is 1. The second kappa shape index (κ2) is 4.24. The molecule has 0 atom stereocenters. The van der Waals surface area contributed by atoms with E-state index in [4.69, 9.17) is 0 Å². The first-order valence-electron chi connectivity index (χ1n) is 5.77. The maximum absolute atomic E-state index is 4.26. The monoisotopic (exact) mass is 228 g/mol. The topological polar surface area (TPSA) is 40.7 Å². The Labute approximate surface area is 102 Å². The molecule has 89 valence electrons. The second-order valence-electron chi connectivity index (χ2n) is 5.31. The summed E-state index contributed by atoms with van der Waals surface area (Å²) < 4.78 is 0. The van der Waals surface area contributed by atoms with Gasteiger partial charge in [-0.15, -0.1) is 0 Å². The van der Waals surface area contributed by atoms with Crippen molar-refractivity contribution in [1.29, 1.82) is 0 Å². The fourth-order valence-electron chi connectivity index (χ4n) is 1.48. The molecule has 2 aromatic rings. The summed E-state index contributed by atoms with van der Waals surface area (Å²) in [5, 5.41) is 10.5. The van der Waals surface area contributed by atoms with Crippen molar-refractivity contribution < 1.29 is 0 Å². The summed E-state index contributed by atoms with van der Waals surface area (Å²) in [4.78, 5) is 0.